The van der Waals surface area contributed by atoms with E-state index in [0.29, 0.717) is 6.07 Å². The first-order valence-corrected chi connectivity index (χ1v) is 8.84. The molecular weight excluding hydrogens is 523 g/mol. The van der Waals surface area contributed by atoms with E-state index in [1.165, 1.54) is 0 Å². The Labute approximate surface area is 182 Å². The van der Waals surface area contributed by atoms with Gasteiger partial charge in [-0.3, -0.25) is 0 Å². The molecule has 0 aliphatic heterocycles. The fraction of sp³-hybridized carbons (Fsp3) is 0.143. The fourth-order valence-electron chi connectivity index (χ4n) is 1.90. The van der Waals surface area contributed by atoms with Gasteiger partial charge in [0.05, 0.1) is 41.3 Å². The summed E-state index contributed by atoms with van der Waals surface area (Å²) in [5.74, 6) is 0. The standard InChI is InChI=1S/C14H2Cl6F6N2/c15-6-3(13(21,22)23)1-2-4(7(6)16)27-28-12-10(19)8(17)5(14(24,25)26)9(18)11(12)20/h1-2H. The molecule has 0 N–H and O–H groups in total. The Hall–Kier alpha value is -0.640. The number of halogens is 12. The van der Waals surface area contributed by atoms with E-state index in [4.69, 9.17) is 69.6 Å². The van der Waals surface area contributed by atoms with Crippen molar-refractivity contribution in [2.24, 2.45) is 10.2 Å². The number of hydrogen-bond donors (Lipinski definition) is 0. The van der Waals surface area contributed by atoms with Gasteiger partial charge in [-0.05, 0) is 12.1 Å². The molecule has 0 fully saturated rings. The second-order valence-electron chi connectivity index (χ2n) is 4.94. The van der Waals surface area contributed by atoms with Crippen molar-refractivity contribution in [3.63, 3.8) is 0 Å². The van der Waals surface area contributed by atoms with Crippen molar-refractivity contribution < 1.29 is 26.3 Å². The van der Waals surface area contributed by atoms with Gasteiger partial charge < -0.3 is 0 Å². The van der Waals surface area contributed by atoms with Crippen molar-refractivity contribution in [1.29, 1.82) is 0 Å². The van der Waals surface area contributed by atoms with Gasteiger partial charge in [0.25, 0.3) is 0 Å². The maximum atomic E-state index is 13.0. The zero-order valence-corrected chi connectivity index (χ0v) is 17.1. The molecule has 0 spiro atoms. The molecule has 0 heterocycles. The fourth-order valence-corrected chi connectivity index (χ4v) is 3.50. The zero-order valence-electron chi connectivity index (χ0n) is 12.6. The van der Waals surface area contributed by atoms with E-state index < -0.39 is 59.3 Å². The number of azo groups is 1. The maximum Gasteiger partial charge on any atom is 0.419 e. The number of rotatable bonds is 2. The van der Waals surface area contributed by atoms with Gasteiger partial charge in [-0.25, -0.2) is 0 Å². The van der Waals surface area contributed by atoms with Gasteiger partial charge in [-0.2, -0.15) is 26.3 Å². The van der Waals surface area contributed by atoms with Gasteiger partial charge in [-0.1, -0.05) is 69.6 Å². The quantitative estimate of drug-likeness (QED) is 0.212. The summed E-state index contributed by atoms with van der Waals surface area (Å²) >= 11 is 34.1. The normalized spacial score (nSPS) is 12.9. The lowest BCUT2D eigenvalue weighted by atomic mass is 10.2. The first kappa shape index (κ1) is 23.6. The molecule has 0 aliphatic rings. The Kier molecular flexibility index (Phi) is 6.96. The molecule has 2 aromatic rings. The Morgan fingerprint density at radius 3 is 1.50 bits per heavy atom. The van der Waals surface area contributed by atoms with Crippen LogP contribution >= 0.6 is 69.6 Å². The average Bonchev–Trinajstić information content (AvgIpc) is 2.54. The van der Waals surface area contributed by atoms with E-state index in [1.54, 1.807) is 0 Å². The molecule has 14 heteroatoms. The van der Waals surface area contributed by atoms with Crippen LogP contribution in [0.1, 0.15) is 11.1 Å². The summed E-state index contributed by atoms with van der Waals surface area (Å²) < 4.78 is 77.4. The van der Waals surface area contributed by atoms with Crippen LogP contribution < -0.4 is 0 Å². The minimum atomic E-state index is -4.96. The summed E-state index contributed by atoms with van der Waals surface area (Å²) in [6.45, 7) is 0. The van der Waals surface area contributed by atoms with Crippen molar-refractivity contribution in [1.82, 2.24) is 0 Å². The van der Waals surface area contributed by atoms with Gasteiger partial charge in [-0.15, -0.1) is 10.2 Å². The summed E-state index contributed by atoms with van der Waals surface area (Å²) in [6, 6.07) is 1.44. The summed E-state index contributed by atoms with van der Waals surface area (Å²) in [5.41, 5.74) is -3.56. The molecule has 2 aromatic carbocycles. The van der Waals surface area contributed by atoms with Crippen LogP contribution in [0.2, 0.25) is 30.1 Å². The lowest BCUT2D eigenvalue weighted by Gasteiger charge is -2.15. The molecule has 0 atom stereocenters. The second-order valence-corrected chi connectivity index (χ2v) is 7.20. The largest absolute Gasteiger partial charge is 0.419 e. The van der Waals surface area contributed by atoms with Crippen molar-refractivity contribution >= 4 is 81.0 Å². The number of hydrogen-bond acceptors (Lipinski definition) is 2. The Morgan fingerprint density at radius 1 is 0.571 bits per heavy atom. The summed E-state index contributed by atoms with van der Waals surface area (Å²) in [5, 5.41) is 2.21. The topological polar surface area (TPSA) is 24.7 Å². The lowest BCUT2D eigenvalue weighted by molar-refractivity contribution is -0.138. The Balaban J connectivity index is 2.59. The molecule has 2 nitrogen and oxygen atoms in total. The molecule has 28 heavy (non-hydrogen) atoms. The number of benzene rings is 2. The van der Waals surface area contributed by atoms with E-state index in [-0.39, 0.29) is 5.69 Å². The predicted molar refractivity (Wildman–Crippen MR) is 97.1 cm³/mol. The summed E-state index contributed by atoms with van der Waals surface area (Å²) in [4.78, 5) is 0. The molecule has 152 valence electrons. The molecule has 2 rings (SSSR count). The van der Waals surface area contributed by atoms with Crippen LogP contribution in [0.15, 0.2) is 22.4 Å². The van der Waals surface area contributed by atoms with Crippen LogP contribution in [0.4, 0.5) is 37.7 Å². The van der Waals surface area contributed by atoms with Crippen LogP contribution in [-0.4, -0.2) is 0 Å². The van der Waals surface area contributed by atoms with E-state index in [9.17, 15) is 26.3 Å². The molecule has 0 amide bonds. The van der Waals surface area contributed by atoms with Crippen molar-refractivity contribution in [2.75, 3.05) is 0 Å². The van der Waals surface area contributed by atoms with Gasteiger partial charge >= 0.3 is 12.4 Å². The minimum absolute atomic E-state index is 0.334. The minimum Gasteiger partial charge on any atom is -0.166 e. The average molecular weight is 525 g/mol. The van der Waals surface area contributed by atoms with Crippen molar-refractivity contribution in [3.8, 4) is 0 Å². The van der Waals surface area contributed by atoms with Crippen molar-refractivity contribution in [3.05, 3.63) is 53.4 Å². The molecule has 0 bridgehead atoms. The zero-order chi connectivity index (χ0) is 21.6. The van der Waals surface area contributed by atoms with Gasteiger partial charge in [0, 0.05) is 0 Å². The highest BCUT2D eigenvalue weighted by molar-refractivity contribution is 6.50. The van der Waals surface area contributed by atoms with Crippen LogP contribution in [-0.2, 0) is 12.4 Å². The van der Waals surface area contributed by atoms with Crippen LogP contribution in [0, 0.1) is 0 Å². The smallest absolute Gasteiger partial charge is 0.166 e. The van der Waals surface area contributed by atoms with Crippen molar-refractivity contribution in [2.45, 2.75) is 12.4 Å². The molecular formula is C14H2Cl6F6N2. The molecule has 0 aliphatic carbocycles. The van der Waals surface area contributed by atoms with Gasteiger partial charge in [0.2, 0.25) is 0 Å². The highest BCUT2D eigenvalue weighted by Crippen LogP contribution is 2.51. The van der Waals surface area contributed by atoms with Gasteiger partial charge in [0.15, 0.2) is 0 Å². The molecule has 0 unspecified atom stereocenters. The monoisotopic (exact) mass is 522 g/mol. The Bertz CT molecular complexity index is 942. The third-order valence-corrected chi connectivity index (χ3v) is 5.71. The lowest BCUT2D eigenvalue weighted by Crippen LogP contribution is -2.07. The number of nitrogens with zero attached hydrogens (tertiary/aromatic N) is 2. The highest BCUT2D eigenvalue weighted by Gasteiger charge is 2.39. The predicted octanol–water partition coefficient (Wildman–Crippen LogP) is 10.1. The maximum absolute atomic E-state index is 13.0. The van der Waals surface area contributed by atoms with E-state index >= 15 is 0 Å². The summed E-state index contributed by atoms with van der Waals surface area (Å²) in [7, 11) is 0. The molecule has 0 saturated carbocycles. The third-order valence-electron chi connectivity index (χ3n) is 3.15. The SMILES string of the molecule is FC(F)(F)c1ccc(N=Nc2c(Cl)c(Cl)c(C(F)(F)F)c(Cl)c2Cl)c(Cl)c1Cl. The second kappa shape index (κ2) is 8.24. The van der Waals surface area contributed by atoms with Crippen LogP contribution in [0.3, 0.4) is 0 Å². The molecule has 0 saturated heterocycles. The summed E-state index contributed by atoms with van der Waals surface area (Å²) in [6.07, 6.45) is -9.72. The number of alkyl halides is 6. The Morgan fingerprint density at radius 2 is 1.07 bits per heavy atom. The van der Waals surface area contributed by atoms with E-state index in [2.05, 4.69) is 10.2 Å². The van der Waals surface area contributed by atoms with E-state index in [1.807, 2.05) is 0 Å². The third kappa shape index (κ3) is 4.57. The van der Waals surface area contributed by atoms with E-state index in [0.717, 1.165) is 6.07 Å². The molecule has 0 radical (unpaired) electrons. The highest BCUT2D eigenvalue weighted by atomic mass is 35.5. The first-order valence-electron chi connectivity index (χ1n) is 6.58. The van der Waals surface area contributed by atoms with Gasteiger partial charge in [0.1, 0.15) is 11.4 Å². The van der Waals surface area contributed by atoms with Crippen LogP contribution in [0.25, 0.3) is 0 Å². The van der Waals surface area contributed by atoms with Crippen LogP contribution in [0.5, 0.6) is 0 Å². The first-order chi connectivity index (χ1) is 12.7. The molecule has 0 aromatic heterocycles.